The minimum atomic E-state index is -0.442. The van der Waals surface area contributed by atoms with Crippen molar-refractivity contribution in [2.45, 2.75) is 26.3 Å². The number of ether oxygens (including phenoxy) is 3. The van der Waals surface area contributed by atoms with Crippen LogP contribution in [0.3, 0.4) is 0 Å². The molecule has 0 saturated heterocycles. The summed E-state index contributed by atoms with van der Waals surface area (Å²) in [5, 5.41) is 2.89. The summed E-state index contributed by atoms with van der Waals surface area (Å²) in [7, 11) is 3.65. The fourth-order valence-electron chi connectivity index (χ4n) is 5.09. The molecule has 5 rings (SSSR count). The fourth-order valence-corrected chi connectivity index (χ4v) is 5.09. The van der Waals surface area contributed by atoms with Crippen LogP contribution in [0, 0.1) is 0 Å². The van der Waals surface area contributed by atoms with Crippen molar-refractivity contribution < 1.29 is 23.8 Å². The van der Waals surface area contributed by atoms with E-state index >= 15 is 0 Å². The maximum absolute atomic E-state index is 13.0. The lowest BCUT2D eigenvalue weighted by molar-refractivity contribution is 0.0521. The number of carbonyl (C=O) groups excluding carboxylic acids is 2. The molecule has 3 aromatic carbocycles. The van der Waals surface area contributed by atoms with Crippen molar-refractivity contribution in [1.29, 1.82) is 0 Å². The number of aromatic nitrogens is 4. The molecular weight excluding hydrogens is 534 g/mol. The molecule has 1 amide bonds. The molecule has 1 unspecified atom stereocenters. The summed E-state index contributed by atoms with van der Waals surface area (Å²) in [6.07, 6.45) is 0. The number of nitrogens with zero attached hydrogens (tertiary/aromatic N) is 4. The number of hydrogen-bond acceptors (Lipinski definition) is 7. The molecule has 2 aromatic heterocycles. The predicted molar refractivity (Wildman–Crippen MR) is 160 cm³/mol. The Morgan fingerprint density at radius 3 is 2.48 bits per heavy atom. The number of hydrogen-bond donors (Lipinski definition) is 1. The summed E-state index contributed by atoms with van der Waals surface area (Å²) in [6.45, 7) is 5.84. The van der Waals surface area contributed by atoms with E-state index in [0.717, 1.165) is 33.7 Å². The molecule has 10 nitrogen and oxygen atoms in total. The molecule has 1 atom stereocenters. The second kappa shape index (κ2) is 12.9. The van der Waals surface area contributed by atoms with Crippen LogP contribution in [0.1, 0.15) is 52.1 Å². The summed E-state index contributed by atoms with van der Waals surface area (Å²) in [4.78, 5) is 35.0. The zero-order valence-electron chi connectivity index (χ0n) is 24.3. The Bertz CT molecular complexity index is 1720. The van der Waals surface area contributed by atoms with Gasteiger partial charge in [-0.3, -0.25) is 4.79 Å². The highest BCUT2D eigenvalue weighted by Crippen LogP contribution is 2.29. The topological polar surface area (TPSA) is 110 Å². The third kappa shape index (κ3) is 5.84. The minimum Gasteiger partial charge on any atom is -0.491 e. The number of esters is 1. The standard InChI is InChI=1S/C32H35N5O5/c1-5-41-32(39)23-10-6-9-13-28(23)42-18-16-33-31(38)22-14-15-25-27(20-22)36(3)29(34-25)21(2)30-35-24-11-7-8-12-26(24)37(30)17-19-40-4/h6-15,20-21H,5,16-19H2,1-4H3,(H,33,38). The Morgan fingerprint density at radius 2 is 1.67 bits per heavy atom. The van der Waals surface area contributed by atoms with Gasteiger partial charge in [0.15, 0.2) is 0 Å². The van der Waals surface area contributed by atoms with Gasteiger partial charge in [-0.1, -0.05) is 24.3 Å². The average molecular weight is 570 g/mol. The fraction of sp³-hybridized carbons (Fsp3) is 0.312. The van der Waals surface area contributed by atoms with Crippen molar-refractivity contribution in [2.75, 3.05) is 33.5 Å². The summed E-state index contributed by atoms with van der Waals surface area (Å²) >= 11 is 0. The van der Waals surface area contributed by atoms with Gasteiger partial charge in [-0.25, -0.2) is 14.8 Å². The molecule has 5 aromatic rings. The zero-order valence-corrected chi connectivity index (χ0v) is 24.3. The first-order valence-electron chi connectivity index (χ1n) is 14.0. The molecule has 10 heteroatoms. The molecule has 0 bridgehead atoms. The normalized spacial score (nSPS) is 12.0. The second-order valence-corrected chi connectivity index (χ2v) is 9.88. The Labute approximate surface area is 244 Å². The van der Waals surface area contributed by atoms with E-state index in [1.807, 2.05) is 41.9 Å². The predicted octanol–water partition coefficient (Wildman–Crippen LogP) is 4.71. The minimum absolute atomic E-state index is 0.0985. The smallest absolute Gasteiger partial charge is 0.341 e. The molecule has 218 valence electrons. The monoisotopic (exact) mass is 569 g/mol. The number of nitrogens with one attached hydrogen (secondary N) is 1. The molecular formula is C32H35N5O5. The van der Waals surface area contributed by atoms with Gasteiger partial charge in [0.2, 0.25) is 0 Å². The Morgan fingerprint density at radius 1 is 0.929 bits per heavy atom. The van der Waals surface area contributed by atoms with Crippen molar-refractivity contribution in [3.63, 3.8) is 0 Å². The first-order chi connectivity index (χ1) is 20.4. The molecule has 0 saturated carbocycles. The lowest BCUT2D eigenvalue weighted by atomic mass is 10.1. The number of aryl methyl sites for hydroxylation is 1. The van der Waals surface area contributed by atoms with Crippen LogP contribution in [0.2, 0.25) is 0 Å². The highest BCUT2D eigenvalue weighted by molar-refractivity contribution is 5.97. The maximum atomic E-state index is 13.0. The van der Waals surface area contributed by atoms with E-state index in [0.29, 0.717) is 30.0 Å². The molecule has 0 aliphatic carbocycles. The molecule has 2 heterocycles. The van der Waals surface area contributed by atoms with Gasteiger partial charge in [-0.2, -0.15) is 0 Å². The van der Waals surface area contributed by atoms with Crippen LogP contribution in [0.5, 0.6) is 5.75 Å². The van der Waals surface area contributed by atoms with Crippen molar-refractivity contribution in [1.82, 2.24) is 24.4 Å². The van der Waals surface area contributed by atoms with Crippen LogP contribution in [0.25, 0.3) is 22.1 Å². The molecule has 0 radical (unpaired) electrons. The molecule has 0 fully saturated rings. The van der Waals surface area contributed by atoms with Crippen molar-refractivity contribution in [2.24, 2.45) is 7.05 Å². The average Bonchev–Trinajstić information content (AvgIpc) is 3.55. The van der Waals surface area contributed by atoms with Gasteiger partial charge in [0.25, 0.3) is 5.91 Å². The van der Waals surface area contributed by atoms with Gasteiger partial charge in [-0.05, 0) is 56.3 Å². The highest BCUT2D eigenvalue weighted by atomic mass is 16.5. The summed E-state index contributed by atoms with van der Waals surface area (Å²) in [6, 6.07) is 20.4. The van der Waals surface area contributed by atoms with Crippen molar-refractivity contribution in [3.8, 4) is 5.75 Å². The van der Waals surface area contributed by atoms with Gasteiger partial charge in [0, 0.05) is 26.3 Å². The number of methoxy groups -OCH3 is 1. The largest absolute Gasteiger partial charge is 0.491 e. The van der Waals surface area contributed by atoms with E-state index in [1.54, 1.807) is 44.4 Å². The Hall–Kier alpha value is -4.70. The van der Waals surface area contributed by atoms with Crippen molar-refractivity contribution >= 4 is 33.9 Å². The third-order valence-electron chi connectivity index (χ3n) is 7.18. The van der Waals surface area contributed by atoms with Crippen LogP contribution in [-0.2, 0) is 23.1 Å². The van der Waals surface area contributed by atoms with E-state index in [4.69, 9.17) is 24.2 Å². The lowest BCUT2D eigenvalue weighted by Crippen LogP contribution is -2.28. The Balaban J connectivity index is 1.30. The van der Waals surface area contributed by atoms with E-state index in [1.165, 1.54) is 0 Å². The van der Waals surface area contributed by atoms with Gasteiger partial charge in [0.1, 0.15) is 29.6 Å². The summed E-state index contributed by atoms with van der Waals surface area (Å²) < 4.78 is 20.4. The Kier molecular flexibility index (Phi) is 8.83. The van der Waals surface area contributed by atoms with Gasteiger partial charge < -0.3 is 28.7 Å². The van der Waals surface area contributed by atoms with E-state index in [9.17, 15) is 9.59 Å². The van der Waals surface area contributed by atoms with Crippen molar-refractivity contribution in [3.05, 3.63) is 89.5 Å². The first-order valence-corrected chi connectivity index (χ1v) is 14.0. The van der Waals surface area contributed by atoms with E-state index in [2.05, 4.69) is 22.9 Å². The molecule has 1 N–H and O–H groups in total. The number of para-hydroxylation sites is 3. The number of imidazole rings is 2. The van der Waals surface area contributed by atoms with Crippen LogP contribution < -0.4 is 10.1 Å². The molecule has 0 aliphatic heterocycles. The summed E-state index contributed by atoms with van der Waals surface area (Å²) in [5.41, 5.74) is 4.51. The number of fused-ring (bicyclic) bond motifs is 2. The quantitative estimate of drug-likeness (QED) is 0.171. The number of rotatable bonds is 12. The number of benzene rings is 3. The van der Waals surface area contributed by atoms with Crippen LogP contribution in [0.4, 0.5) is 0 Å². The second-order valence-electron chi connectivity index (χ2n) is 9.88. The molecule has 0 aliphatic rings. The van der Waals surface area contributed by atoms with E-state index < -0.39 is 5.97 Å². The van der Waals surface area contributed by atoms with Gasteiger partial charge in [0.05, 0.1) is 47.7 Å². The first kappa shape index (κ1) is 28.8. The van der Waals surface area contributed by atoms with Crippen LogP contribution in [-0.4, -0.2) is 64.5 Å². The van der Waals surface area contributed by atoms with E-state index in [-0.39, 0.29) is 31.6 Å². The van der Waals surface area contributed by atoms with Crippen LogP contribution >= 0.6 is 0 Å². The summed E-state index contributed by atoms with van der Waals surface area (Å²) in [5.74, 6) is 1.41. The SMILES string of the molecule is CCOC(=O)c1ccccc1OCCNC(=O)c1ccc2nc(C(C)c3nc4ccccc4n3CCOC)n(C)c2c1. The number of amides is 1. The highest BCUT2D eigenvalue weighted by Gasteiger charge is 2.23. The van der Waals surface area contributed by atoms with Gasteiger partial charge in [-0.15, -0.1) is 0 Å². The van der Waals surface area contributed by atoms with Crippen LogP contribution in [0.15, 0.2) is 66.7 Å². The lowest BCUT2D eigenvalue weighted by Gasteiger charge is -2.15. The third-order valence-corrected chi connectivity index (χ3v) is 7.18. The maximum Gasteiger partial charge on any atom is 0.341 e. The molecule has 42 heavy (non-hydrogen) atoms. The van der Waals surface area contributed by atoms with Gasteiger partial charge >= 0.3 is 5.97 Å². The molecule has 0 spiro atoms. The number of carbonyl (C=O) groups is 2. The zero-order chi connectivity index (χ0) is 29.6.